The fourth-order valence-corrected chi connectivity index (χ4v) is 2.62. The van der Waals surface area contributed by atoms with E-state index in [1.807, 2.05) is 0 Å². The smallest absolute Gasteiger partial charge is 0.255 e. The average molecular weight is 378 g/mol. The summed E-state index contributed by atoms with van der Waals surface area (Å²) in [5.41, 5.74) is 1.01. The maximum Gasteiger partial charge on any atom is 0.255 e. The minimum absolute atomic E-state index is 0.329. The van der Waals surface area contributed by atoms with Crippen LogP contribution < -0.4 is 5.32 Å². The van der Waals surface area contributed by atoms with Crippen molar-refractivity contribution in [2.75, 3.05) is 0 Å². The number of aromatic nitrogens is 7. The predicted molar refractivity (Wildman–Crippen MR) is 96.4 cm³/mol. The molecule has 1 N–H and O–H groups in total. The minimum Gasteiger partial charge on any atom is -0.342 e. The lowest BCUT2D eigenvalue weighted by molar-refractivity contribution is 0.0938. The molecule has 0 saturated heterocycles. The molecule has 9 nitrogen and oxygen atoms in total. The van der Waals surface area contributed by atoms with Crippen LogP contribution in [-0.2, 0) is 0 Å². The molecular formula is C18H15FN8O. The van der Waals surface area contributed by atoms with Crippen molar-refractivity contribution in [1.82, 2.24) is 39.8 Å². The van der Waals surface area contributed by atoms with Gasteiger partial charge in [0.1, 0.15) is 12.1 Å². The number of hydrogen-bond acceptors (Lipinski definition) is 6. The Hall–Kier alpha value is -3.95. The molecule has 0 radical (unpaired) electrons. The Labute approximate surface area is 158 Å². The van der Waals surface area contributed by atoms with Gasteiger partial charge < -0.3 is 5.32 Å². The fraction of sp³-hybridized carbons (Fsp3) is 0.111. The number of nitrogens with zero attached hydrogens (tertiary/aromatic N) is 7. The van der Waals surface area contributed by atoms with E-state index in [0.717, 1.165) is 0 Å². The molecule has 0 saturated carbocycles. The van der Waals surface area contributed by atoms with Crippen LogP contribution in [0.1, 0.15) is 29.1 Å². The summed E-state index contributed by atoms with van der Waals surface area (Å²) >= 11 is 0. The van der Waals surface area contributed by atoms with Gasteiger partial charge in [-0.2, -0.15) is 14.9 Å². The number of benzene rings is 1. The molecule has 28 heavy (non-hydrogen) atoms. The topological polar surface area (TPSA) is 103 Å². The number of amides is 1. The fourth-order valence-electron chi connectivity index (χ4n) is 2.62. The molecule has 0 fully saturated rings. The molecule has 1 aromatic carbocycles. The Bertz CT molecular complexity index is 1090. The number of rotatable bonds is 5. The molecular weight excluding hydrogens is 363 g/mol. The van der Waals surface area contributed by atoms with Gasteiger partial charge in [0.15, 0.2) is 5.82 Å². The molecule has 10 heteroatoms. The highest BCUT2D eigenvalue weighted by molar-refractivity contribution is 5.94. The van der Waals surface area contributed by atoms with Gasteiger partial charge in [-0.05, 0) is 37.3 Å². The lowest BCUT2D eigenvalue weighted by Gasteiger charge is -2.13. The van der Waals surface area contributed by atoms with Gasteiger partial charge in [-0.1, -0.05) is 0 Å². The van der Waals surface area contributed by atoms with Gasteiger partial charge in [0, 0.05) is 18.6 Å². The third kappa shape index (κ3) is 3.47. The minimum atomic E-state index is -0.451. The van der Waals surface area contributed by atoms with Crippen molar-refractivity contribution in [2.45, 2.75) is 13.0 Å². The molecule has 1 amide bonds. The van der Waals surface area contributed by atoms with Crippen molar-refractivity contribution in [3.63, 3.8) is 0 Å². The van der Waals surface area contributed by atoms with Gasteiger partial charge in [-0.25, -0.2) is 24.0 Å². The van der Waals surface area contributed by atoms with Crippen LogP contribution in [0.3, 0.4) is 0 Å². The summed E-state index contributed by atoms with van der Waals surface area (Å²) in [5.74, 6) is 0.185. The molecule has 3 aromatic heterocycles. The zero-order valence-electron chi connectivity index (χ0n) is 14.8. The standard InChI is InChI=1S/C18H15FN8O/c1-12(16-22-11-24-27(16)18-20-7-2-8-21-18)25-17(28)13-9-23-26(10-13)15-5-3-14(19)4-6-15/h2-12H,1H3,(H,25,28). The Morgan fingerprint density at radius 2 is 1.86 bits per heavy atom. The summed E-state index contributed by atoms with van der Waals surface area (Å²) in [4.78, 5) is 25.1. The molecule has 1 atom stereocenters. The quantitative estimate of drug-likeness (QED) is 0.569. The highest BCUT2D eigenvalue weighted by Gasteiger charge is 2.19. The molecule has 4 rings (SSSR count). The van der Waals surface area contributed by atoms with Crippen LogP contribution in [0.5, 0.6) is 0 Å². The lowest BCUT2D eigenvalue weighted by atomic mass is 10.2. The van der Waals surface area contributed by atoms with E-state index in [2.05, 4.69) is 30.5 Å². The Morgan fingerprint density at radius 3 is 2.61 bits per heavy atom. The maximum atomic E-state index is 13.1. The van der Waals surface area contributed by atoms with Gasteiger partial charge >= 0.3 is 0 Å². The van der Waals surface area contributed by atoms with E-state index in [-0.39, 0.29) is 11.7 Å². The van der Waals surface area contributed by atoms with E-state index < -0.39 is 6.04 Å². The van der Waals surface area contributed by atoms with Crippen LogP contribution in [0.2, 0.25) is 0 Å². The number of halogens is 1. The monoisotopic (exact) mass is 378 g/mol. The van der Waals surface area contributed by atoms with Crippen LogP contribution in [-0.4, -0.2) is 40.4 Å². The Kier molecular flexibility index (Phi) is 4.58. The highest BCUT2D eigenvalue weighted by atomic mass is 19.1. The molecule has 3 heterocycles. The van der Waals surface area contributed by atoms with Gasteiger partial charge in [-0.3, -0.25) is 4.79 Å². The summed E-state index contributed by atoms with van der Waals surface area (Å²) in [6, 6.07) is 7.07. The first-order valence-corrected chi connectivity index (χ1v) is 8.40. The van der Waals surface area contributed by atoms with Crippen molar-refractivity contribution in [3.8, 4) is 11.6 Å². The second-order valence-electron chi connectivity index (χ2n) is 5.92. The van der Waals surface area contributed by atoms with Crippen LogP contribution in [0.15, 0.2) is 61.4 Å². The molecule has 140 valence electrons. The van der Waals surface area contributed by atoms with Crippen molar-refractivity contribution < 1.29 is 9.18 Å². The third-order valence-corrected chi connectivity index (χ3v) is 3.99. The van der Waals surface area contributed by atoms with Crippen molar-refractivity contribution in [2.24, 2.45) is 0 Å². The van der Waals surface area contributed by atoms with E-state index in [0.29, 0.717) is 23.0 Å². The highest BCUT2D eigenvalue weighted by Crippen LogP contribution is 2.14. The van der Waals surface area contributed by atoms with Crippen molar-refractivity contribution >= 4 is 5.91 Å². The van der Waals surface area contributed by atoms with Crippen LogP contribution in [0.4, 0.5) is 4.39 Å². The summed E-state index contributed by atoms with van der Waals surface area (Å²) < 4.78 is 16.0. The van der Waals surface area contributed by atoms with Crippen molar-refractivity contribution in [1.29, 1.82) is 0 Å². The number of nitrogens with one attached hydrogen (secondary N) is 1. The van der Waals surface area contributed by atoms with Gasteiger partial charge in [0.05, 0.1) is 23.5 Å². The Balaban J connectivity index is 1.50. The summed E-state index contributed by atoms with van der Waals surface area (Å²) in [5, 5.41) is 11.1. The molecule has 0 aliphatic heterocycles. The molecule has 0 aliphatic carbocycles. The van der Waals surface area contributed by atoms with Crippen molar-refractivity contribution in [3.05, 3.63) is 78.7 Å². The second-order valence-corrected chi connectivity index (χ2v) is 5.92. The first-order valence-electron chi connectivity index (χ1n) is 8.40. The molecule has 4 aromatic rings. The zero-order chi connectivity index (χ0) is 19.5. The first kappa shape index (κ1) is 17.5. The number of carbonyl (C=O) groups is 1. The predicted octanol–water partition coefficient (Wildman–Crippen LogP) is 1.87. The lowest BCUT2D eigenvalue weighted by Crippen LogP contribution is -2.28. The summed E-state index contributed by atoms with van der Waals surface area (Å²) in [6.07, 6.45) is 7.58. The zero-order valence-corrected chi connectivity index (χ0v) is 14.8. The van der Waals surface area contributed by atoms with E-state index in [1.54, 1.807) is 43.7 Å². The summed E-state index contributed by atoms with van der Waals surface area (Å²) in [7, 11) is 0. The van der Waals surface area contributed by atoms with E-state index in [4.69, 9.17) is 0 Å². The summed E-state index contributed by atoms with van der Waals surface area (Å²) in [6.45, 7) is 1.78. The molecule has 0 bridgehead atoms. The van der Waals surface area contributed by atoms with Crippen LogP contribution in [0, 0.1) is 5.82 Å². The first-order chi connectivity index (χ1) is 13.6. The third-order valence-electron chi connectivity index (χ3n) is 3.99. The number of hydrogen-bond donors (Lipinski definition) is 1. The van der Waals surface area contributed by atoms with Gasteiger partial charge in [-0.15, -0.1) is 0 Å². The second kappa shape index (κ2) is 7.35. The maximum absolute atomic E-state index is 13.1. The molecule has 0 aliphatic rings. The normalized spacial score (nSPS) is 11.9. The molecule has 1 unspecified atom stereocenters. The van der Waals surface area contributed by atoms with E-state index in [1.165, 1.54) is 34.0 Å². The van der Waals surface area contributed by atoms with Gasteiger partial charge in [0.2, 0.25) is 0 Å². The largest absolute Gasteiger partial charge is 0.342 e. The van der Waals surface area contributed by atoms with E-state index >= 15 is 0 Å². The number of carbonyl (C=O) groups excluding carboxylic acids is 1. The average Bonchev–Trinajstić information content (AvgIpc) is 3.39. The Morgan fingerprint density at radius 1 is 1.11 bits per heavy atom. The van der Waals surface area contributed by atoms with E-state index in [9.17, 15) is 9.18 Å². The van der Waals surface area contributed by atoms with Crippen LogP contribution >= 0.6 is 0 Å². The van der Waals surface area contributed by atoms with Crippen LogP contribution in [0.25, 0.3) is 11.6 Å². The van der Waals surface area contributed by atoms with Gasteiger partial charge in [0.25, 0.3) is 11.9 Å². The molecule has 0 spiro atoms. The SMILES string of the molecule is CC(NC(=O)c1cnn(-c2ccc(F)cc2)c1)c1ncnn1-c1ncccn1.